The molecule has 0 fully saturated rings. The number of fused-ring (bicyclic) bond motifs is 1. The van der Waals surface area contributed by atoms with Crippen molar-refractivity contribution < 1.29 is 34.5 Å². The minimum Gasteiger partial charge on any atom is -0.508 e. The molecule has 42 heavy (non-hydrogen) atoms. The zero-order chi connectivity index (χ0) is 31.0. The Kier molecular flexibility index (Phi) is 11.1. The summed E-state index contributed by atoms with van der Waals surface area (Å²) in [7, 11) is 0. The molecule has 0 saturated carbocycles. The van der Waals surface area contributed by atoms with Crippen LogP contribution in [0.4, 0.5) is 0 Å². The van der Waals surface area contributed by atoms with Crippen LogP contribution in [0.1, 0.15) is 38.3 Å². The Morgan fingerprint density at radius 2 is 1.45 bits per heavy atom. The van der Waals surface area contributed by atoms with Gasteiger partial charge in [-0.1, -0.05) is 44.2 Å². The van der Waals surface area contributed by atoms with Crippen LogP contribution in [0.5, 0.6) is 5.75 Å². The normalized spacial score (nSPS) is 14.9. The number of nitrogens with one attached hydrogen (secondary N) is 4. The fourth-order valence-corrected chi connectivity index (χ4v) is 4.62. The van der Waals surface area contributed by atoms with Crippen LogP contribution in [0, 0.1) is 5.92 Å². The third kappa shape index (κ3) is 8.79. The number of nitrogens with two attached hydrogens (primary N) is 1. The average Bonchev–Trinajstić information content (AvgIpc) is 3.33. The molecule has 12 heteroatoms. The molecule has 226 valence electrons. The van der Waals surface area contributed by atoms with E-state index >= 15 is 0 Å². The molecule has 0 aliphatic carbocycles. The molecule has 9 N–H and O–H groups in total. The van der Waals surface area contributed by atoms with Gasteiger partial charge in [0.05, 0.1) is 12.1 Å². The first kappa shape index (κ1) is 32.1. The summed E-state index contributed by atoms with van der Waals surface area (Å²) in [4.78, 5) is 54.8. The Balaban J connectivity index is 1.91. The molecule has 3 rings (SSSR count). The lowest BCUT2D eigenvalue weighted by molar-refractivity contribution is -0.145. The second kappa shape index (κ2) is 14.5. The van der Waals surface area contributed by atoms with E-state index < -0.39 is 54.0 Å². The quantitative estimate of drug-likeness (QED) is 0.137. The number of aliphatic carboxylic acids is 1. The number of aromatic hydroxyl groups is 1. The van der Waals surface area contributed by atoms with Crippen LogP contribution in [-0.4, -0.2) is 74.3 Å². The van der Waals surface area contributed by atoms with Crippen molar-refractivity contribution in [2.75, 3.05) is 0 Å². The Morgan fingerprint density at radius 3 is 2.07 bits per heavy atom. The van der Waals surface area contributed by atoms with Crippen molar-refractivity contribution in [2.45, 2.75) is 70.3 Å². The van der Waals surface area contributed by atoms with E-state index in [-0.39, 0.29) is 24.5 Å². The SMILES string of the molecule is CC(C)CC(N)C(=O)NC(Cc1ccc(O)cc1)C(=O)NC(Cc1c[nH]c2ccccc12)C(=O)NC(C(=O)O)C(C)O. The number of carbonyl (C=O) groups excluding carboxylic acids is 3. The number of hydrogen-bond acceptors (Lipinski definition) is 7. The first-order valence-corrected chi connectivity index (χ1v) is 13.8. The summed E-state index contributed by atoms with van der Waals surface area (Å²) in [6, 6.07) is 8.58. The molecule has 1 aromatic heterocycles. The number of para-hydroxylation sites is 1. The van der Waals surface area contributed by atoms with Gasteiger partial charge in [-0.05, 0) is 48.6 Å². The Hall–Kier alpha value is -4.42. The highest BCUT2D eigenvalue weighted by Crippen LogP contribution is 2.20. The second-order valence-corrected chi connectivity index (χ2v) is 10.9. The number of benzene rings is 2. The van der Waals surface area contributed by atoms with Crippen molar-refractivity contribution >= 4 is 34.6 Å². The number of phenolic OH excluding ortho intramolecular Hbond substituents is 1. The van der Waals surface area contributed by atoms with Crippen LogP contribution in [0.3, 0.4) is 0 Å². The largest absolute Gasteiger partial charge is 0.508 e. The predicted molar refractivity (Wildman–Crippen MR) is 156 cm³/mol. The Morgan fingerprint density at radius 1 is 0.857 bits per heavy atom. The maximum absolute atomic E-state index is 13.7. The van der Waals surface area contributed by atoms with Gasteiger partial charge < -0.3 is 42.0 Å². The summed E-state index contributed by atoms with van der Waals surface area (Å²) < 4.78 is 0. The van der Waals surface area contributed by atoms with E-state index in [1.54, 1.807) is 18.3 Å². The maximum atomic E-state index is 13.7. The third-order valence-corrected chi connectivity index (χ3v) is 6.85. The van der Waals surface area contributed by atoms with Crippen LogP contribution in [0.15, 0.2) is 54.7 Å². The predicted octanol–water partition coefficient (Wildman–Crippen LogP) is 0.952. The van der Waals surface area contributed by atoms with Crippen LogP contribution in [0.2, 0.25) is 0 Å². The number of carbonyl (C=O) groups is 4. The van der Waals surface area contributed by atoms with Crippen molar-refractivity contribution in [3.8, 4) is 5.75 Å². The summed E-state index contributed by atoms with van der Waals surface area (Å²) in [6.45, 7) is 5.06. The fourth-order valence-electron chi connectivity index (χ4n) is 4.62. The van der Waals surface area contributed by atoms with Crippen molar-refractivity contribution in [3.63, 3.8) is 0 Å². The van der Waals surface area contributed by atoms with Crippen LogP contribution < -0.4 is 21.7 Å². The highest BCUT2D eigenvalue weighted by Gasteiger charge is 2.32. The van der Waals surface area contributed by atoms with Gasteiger partial charge in [-0.15, -0.1) is 0 Å². The van der Waals surface area contributed by atoms with E-state index in [1.807, 2.05) is 38.1 Å². The number of rotatable bonds is 14. The minimum atomic E-state index is -1.61. The molecule has 3 amide bonds. The van der Waals surface area contributed by atoms with E-state index in [0.29, 0.717) is 17.5 Å². The number of H-pyrrole nitrogens is 1. The highest BCUT2D eigenvalue weighted by atomic mass is 16.4. The molecule has 2 aromatic carbocycles. The average molecular weight is 582 g/mol. The number of hydrogen-bond donors (Lipinski definition) is 8. The molecule has 0 saturated heterocycles. The van der Waals surface area contributed by atoms with Gasteiger partial charge in [0, 0.05) is 29.9 Å². The highest BCUT2D eigenvalue weighted by molar-refractivity contribution is 5.95. The van der Waals surface area contributed by atoms with E-state index in [9.17, 15) is 34.5 Å². The number of amides is 3. The zero-order valence-corrected chi connectivity index (χ0v) is 23.8. The van der Waals surface area contributed by atoms with Gasteiger partial charge in [-0.25, -0.2) is 4.79 Å². The molecular weight excluding hydrogens is 542 g/mol. The molecular formula is C30H39N5O7. The molecule has 12 nitrogen and oxygen atoms in total. The number of carboxylic acid groups (broad SMARTS) is 1. The summed E-state index contributed by atoms with van der Waals surface area (Å²) in [6.07, 6.45) is 0.696. The number of phenols is 1. The van der Waals surface area contributed by atoms with Crippen LogP contribution in [-0.2, 0) is 32.0 Å². The lowest BCUT2D eigenvalue weighted by Gasteiger charge is -2.26. The molecule has 5 unspecified atom stereocenters. The summed E-state index contributed by atoms with van der Waals surface area (Å²) in [5, 5.41) is 37.5. The molecule has 0 bridgehead atoms. The van der Waals surface area contributed by atoms with Gasteiger partial charge in [-0.2, -0.15) is 0 Å². The van der Waals surface area contributed by atoms with Gasteiger partial charge in [0.25, 0.3) is 0 Å². The van der Waals surface area contributed by atoms with Crippen molar-refractivity contribution in [1.29, 1.82) is 0 Å². The topological polar surface area (TPSA) is 207 Å². The first-order chi connectivity index (χ1) is 19.8. The monoisotopic (exact) mass is 581 g/mol. The van der Waals surface area contributed by atoms with Crippen molar-refractivity contribution in [1.82, 2.24) is 20.9 Å². The smallest absolute Gasteiger partial charge is 0.328 e. The second-order valence-electron chi connectivity index (χ2n) is 10.9. The number of carboxylic acids is 1. The van der Waals surface area contributed by atoms with E-state index in [4.69, 9.17) is 5.73 Å². The number of aliphatic hydroxyl groups is 1. The molecule has 0 spiro atoms. The van der Waals surface area contributed by atoms with Gasteiger partial charge in [0.1, 0.15) is 17.8 Å². The van der Waals surface area contributed by atoms with E-state index in [1.165, 1.54) is 19.1 Å². The molecule has 1 heterocycles. The first-order valence-electron chi connectivity index (χ1n) is 13.8. The zero-order valence-electron chi connectivity index (χ0n) is 23.8. The Labute approximate surface area is 243 Å². The number of aromatic nitrogens is 1. The standard InChI is InChI=1S/C30H39N5O7/c1-16(2)12-22(31)27(38)33-24(13-18-8-10-20(37)11-9-18)28(39)34-25(29(40)35-26(17(3)36)30(41)42)14-19-15-32-23-7-5-4-6-21(19)23/h4-11,15-17,22,24-26,32,36-37H,12-14,31H2,1-3H3,(H,33,38)(H,34,39)(H,35,40)(H,41,42). The molecule has 0 radical (unpaired) electrons. The van der Waals surface area contributed by atoms with Gasteiger partial charge in [0.2, 0.25) is 17.7 Å². The summed E-state index contributed by atoms with van der Waals surface area (Å²) >= 11 is 0. The summed E-state index contributed by atoms with van der Waals surface area (Å²) in [5.74, 6) is -3.34. The van der Waals surface area contributed by atoms with Gasteiger partial charge in [0.15, 0.2) is 6.04 Å². The third-order valence-electron chi connectivity index (χ3n) is 6.85. The van der Waals surface area contributed by atoms with E-state index in [0.717, 1.165) is 10.9 Å². The summed E-state index contributed by atoms with van der Waals surface area (Å²) in [5.41, 5.74) is 8.18. The number of aliphatic hydroxyl groups excluding tert-OH is 1. The molecule has 3 aromatic rings. The van der Waals surface area contributed by atoms with Gasteiger partial charge >= 0.3 is 5.97 Å². The van der Waals surface area contributed by atoms with Crippen molar-refractivity contribution in [2.24, 2.45) is 11.7 Å². The fraction of sp³-hybridized carbons (Fsp3) is 0.400. The van der Waals surface area contributed by atoms with Crippen molar-refractivity contribution in [3.05, 3.63) is 65.9 Å². The molecule has 5 atom stereocenters. The minimum absolute atomic E-state index is 0.0134. The van der Waals surface area contributed by atoms with Gasteiger partial charge in [-0.3, -0.25) is 14.4 Å². The lowest BCUT2D eigenvalue weighted by Crippen LogP contribution is -2.59. The van der Waals surface area contributed by atoms with Crippen LogP contribution >= 0.6 is 0 Å². The molecule has 0 aliphatic rings. The Bertz CT molecular complexity index is 1390. The number of aromatic amines is 1. The maximum Gasteiger partial charge on any atom is 0.328 e. The molecule has 0 aliphatic heterocycles. The van der Waals surface area contributed by atoms with Crippen LogP contribution in [0.25, 0.3) is 10.9 Å². The van der Waals surface area contributed by atoms with E-state index in [2.05, 4.69) is 20.9 Å². The lowest BCUT2D eigenvalue weighted by atomic mass is 10.00.